The number of benzene rings is 1. The van der Waals surface area contributed by atoms with E-state index in [-0.39, 0.29) is 0 Å². The van der Waals surface area contributed by atoms with Gasteiger partial charge in [-0.25, -0.2) is 0 Å². The van der Waals surface area contributed by atoms with Crippen LogP contribution in [0.3, 0.4) is 0 Å². The van der Waals surface area contributed by atoms with Crippen LogP contribution in [-0.2, 0) is 0 Å². The third kappa shape index (κ3) is 2.85. The van der Waals surface area contributed by atoms with Crippen LogP contribution < -0.4 is 9.92 Å². The fourth-order valence-electron chi connectivity index (χ4n) is 1.11. The van der Waals surface area contributed by atoms with E-state index in [9.17, 15) is 0 Å². The minimum atomic E-state index is -1.22. The highest BCUT2D eigenvalue weighted by Crippen LogP contribution is 2.18. The van der Waals surface area contributed by atoms with Crippen molar-refractivity contribution in [3.8, 4) is 5.75 Å². The van der Waals surface area contributed by atoms with Gasteiger partial charge in [0.15, 0.2) is 0 Å². The molecular formula is C10H15BrOSi. The Morgan fingerprint density at radius 2 is 1.77 bits per heavy atom. The Hall–Kier alpha value is -0.283. The molecule has 1 rings (SSSR count). The van der Waals surface area contributed by atoms with Crippen molar-refractivity contribution in [1.82, 2.24) is 0 Å². The lowest BCUT2D eigenvalue weighted by Gasteiger charge is -2.17. The summed E-state index contributed by atoms with van der Waals surface area (Å²) in [6.45, 7) is 6.98. The Morgan fingerprint density at radius 1 is 1.15 bits per heavy atom. The smallest absolute Gasteiger partial charge is 0.119 e. The van der Waals surface area contributed by atoms with E-state index in [2.05, 4.69) is 47.7 Å². The van der Waals surface area contributed by atoms with E-state index in [1.165, 1.54) is 5.19 Å². The fraction of sp³-hybridized carbons (Fsp3) is 0.400. The summed E-state index contributed by atoms with van der Waals surface area (Å²) in [6, 6.07) is 6.31. The zero-order valence-electron chi connectivity index (χ0n) is 8.52. The molecule has 0 heterocycles. The zero-order chi connectivity index (χ0) is 10.1. The molecule has 3 heteroatoms. The van der Waals surface area contributed by atoms with Gasteiger partial charge in [-0.05, 0) is 18.2 Å². The molecule has 0 aliphatic heterocycles. The molecule has 1 aromatic rings. The SMILES string of the molecule is COc1cc(Br)cc([Si](C)(C)C)c1. The first-order valence-electron chi connectivity index (χ1n) is 4.28. The van der Waals surface area contributed by atoms with Gasteiger partial charge in [0.25, 0.3) is 0 Å². The summed E-state index contributed by atoms with van der Waals surface area (Å²) in [5.41, 5.74) is 0. The number of methoxy groups -OCH3 is 1. The summed E-state index contributed by atoms with van der Waals surface area (Å²) < 4.78 is 6.32. The third-order valence-corrected chi connectivity index (χ3v) is 4.45. The van der Waals surface area contributed by atoms with Crippen molar-refractivity contribution in [1.29, 1.82) is 0 Å². The molecule has 1 nitrogen and oxygen atoms in total. The summed E-state index contributed by atoms with van der Waals surface area (Å²) in [4.78, 5) is 0. The van der Waals surface area contributed by atoms with Crippen LogP contribution in [0.15, 0.2) is 22.7 Å². The molecule has 0 aliphatic carbocycles. The van der Waals surface area contributed by atoms with Crippen LogP contribution in [0.4, 0.5) is 0 Å². The van der Waals surface area contributed by atoms with Gasteiger partial charge in [-0.3, -0.25) is 0 Å². The van der Waals surface area contributed by atoms with Gasteiger partial charge >= 0.3 is 0 Å². The average molecular weight is 259 g/mol. The average Bonchev–Trinajstić information content (AvgIpc) is 2.01. The lowest BCUT2D eigenvalue weighted by molar-refractivity contribution is 0.415. The first-order chi connectivity index (χ1) is 5.93. The molecule has 0 saturated heterocycles. The molecule has 72 valence electrons. The van der Waals surface area contributed by atoms with Crippen molar-refractivity contribution < 1.29 is 4.74 Å². The second-order valence-electron chi connectivity index (χ2n) is 4.13. The fourth-order valence-corrected chi connectivity index (χ4v) is 2.96. The first kappa shape index (κ1) is 10.8. The van der Waals surface area contributed by atoms with Crippen molar-refractivity contribution in [2.75, 3.05) is 7.11 Å². The molecular weight excluding hydrogens is 244 g/mol. The predicted molar refractivity (Wildman–Crippen MR) is 63.7 cm³/mol. The van der Waals surface area contributed by atoms with Crippen LogP contribution >= 0.6 is 15.9 Å². The molecule has 0 aromatic heterocycles. The van der Waals surface area contributed by atoms with Crippen molar-refractivity contribution in [3.05, 3.63) is 22.7 Å². The van der Waals surface area contributed by atoms with E-state index < -0.39 is 8.07 Å². The van der Waals surface area contributed by atoms with E-state index >= 15 is 0 Å². The zero-order valence-corrected chi connectivity index (χ0v) is 11.1. The van der Waals surface area contributed by atoms with E-state index in [1.807, 2.05) is 6.07 Å². The Kier molecular flexibility index (Phi) is 3.19. The monoisotopic (exact) mass is 258 g/mol. The largest absolute Gasteiger partial charge is 0.497 e. The van der Waals surface area contributed by atoms with Crippen molar-refractivity contribution in [2.45, 2.75) is 19.6 Å². The normalized spacial score (nSPS) is 11.5. The lowest BCUT2D eigenvalue weighted by atomic mass is 10.3. The highest BCUT2D eigenvalue weighted by Gasteiger charge is 2.17. The topological polar surface area (TPSA) is 9.23 Å². The van der Waals surface area contributed by atoms with E-state index in [0.717, 1.165) is 10.2 Å². The molecule has 0 fully saturated rings. The molecule has 0 bridgehead atoms. The van der Waals surface area contributed by atoms with E-state index in [1.54, 1.807) is 7.11 Å². The standard InChI is InChI=1S/C10H15BrOSi/c1-12-9-5-8(11)6-10(7-9)13(2,3)4/h5-7H,1-4H3. The summed E-state index contributed by atoms with van der Waals surface area (Å²) in [6.07, 6.45) is 0. The summed E-state index contributed by atoms with van der Waals surface area (Å²) >= 11 is 3.49. The second kappa shape index (κ2) is 3.84. The van der Waals surface area contributed by atoms with Crippen molar-refractivity contribution in [3.63, 3.8) is 0 Å². The van der Waals surface area contributed by atoms with Gasteiger partial charge in [0.1, 0.15) is 5.75 Å². The van der Waals surface area contributed by atoms with Crippen LogP contribution in [0.1, 0.15) is 0 Å². The highest BCUT2D eigenvalue weighted by atomic mass is 79.9. The molecule has 13 heavy (non-hydrogen) atoms. The molecule has 0 atom stereocenters. The summed E-state index contributed by atoms with van der Waals surface area (Å²) in [5.74, 6) is 0.937. The molecule has 0 spiro atoms. The molecule has 0 amide bonds. The molecule has 0 radical (unpaired) electrons. The lowest BCUT2D eigenvalue weighted by Crippen LogP contribution is -2.37. The number of halogens is 1. The van der Waals surface area contributed by atoms with Gasteiger partial charge in [-0.2, -0.15) is 0 Å². The Bertz CT molecular complexity index is 304. The molecule has 0 N–H and O–H groups in total. The second-order valence-corrected chi connectivity index (χ2v) is 10.1. The third-order valence-electron chi connectivity index (χ3n) is 1.97. The maximum Gasteiger partial charge on any atom is 0.119 e. The quantitative estimate of drug-likeness (QED) is 0.742. The molecule has 0 saturated carbocycles. The van der Waals surface area contributed by atoms with Crippen LogP contribution in [0.2, 0.25) is 19.6 Å². The number of hydrogen-bond acceptors (Lipinski definition) is 1. The van der Waals surface area contributed by atoms with Gasteiger partial charge in [-0.1, -0.05) is 40.8 Å². The Labute approximate surface area is 89.3 Å². The molecule has 1 aromatic carbocycles. The Morgan fingerprint density at radius 3 is 2.23 bits per heavy atom. The van der Waals surface area contributed by atoms with Gasteiger partial charge in [0, 0.05) is 4.47 Å². The number of ether oxygens (including phenoxy) is 1. The van der Waals surface area contributed by atoms with Gasteiger partial charge < -0.3 is 4.74 Å². The molecule has 0 aliphatic rings. The van der Waals surface area contributed by atoms with Gasteiger partial charge in [0.05, 0.1) is 15.2 Å². The van der Waals surface area contributed by atoms with E-state index in [0.29, 0.717) is 0 Å². The van der Waals surface area contributed by atoms with Crippen LogP contribution in [-0.4, -0.2) is 15.2 Å². The predicted octanol–water partition coefficient (Wildman–Crippen LogP) is 3.00. The minimum absolute atomic E-state index is 0.937. The van der Waals surface area contributed by atoms with E-state index in [4.69, 9.17) is 4.74 Å². The minimum Gasteiger partial charge on any atom is -0.497 e. The van der Waals surface area contributed by atoms with Crippen molar-refractivity contribution in [2.24, 2.45) is 0 Å². The number of hydrogen-bond donors (Lipinski definition) is 0. The maximum atomic E-state index is 5.22. The van der Waals surface area contributed by atoms with Gasteiger partial charge in [-0.15, -0.1) is 0 Å². The Balaban J connectivity index is 3.16. The van der Waals surface area contributed by atoms with Crippen LogP contribution in [0.25, 0.3) is 0 Å². The van der Waals surface area contributed by atoms with Crippen molar-refractivity contribution >= 4 is 29.2 Å². The van der Waals surface area contributed by atoms with Crippen LogP contribution in [0.5, 0.6) is 5.75 Å². The van der Waals surface area contributed by atoms with Crippen LogP contribution in [0, 0.1) is 0 Å². The van der Waals surface area contributed by atoms with Gasteiger partial charge in [0.2, 0.25) is 0 Å². The number of rotatable bonds is 2. The highest BCUT2D eigenvalue weighted by molar-refractivity contribution is 9.10. The summed E-state index contributed by atoms with van der Waals surface area (Å²) in [5, 5.41) is 1.42. The first-order valence-corrected chi connectivity index (χ1v) is 8.58. The maximum absolute atomic E-state index is 5.22. The summed E-state index contributed by atoms with van der Waals surface area (Å²) in [7, 11) is 0.482. The molecule has 0 unspecified atom stereocenters.